The molecule has 0 saturated heterocycles. The van der Waals surface area contributed by atoms with Crippen LogP contribution in [-0.4, -0.2) is 29.4 Å². The van der Waals surface area contributed by atoms with Gasteiger partial charge in [0.15, 0.2) is 0 Å². The molecular weight excluding hydrogens is 308 g/mol. The van der Waals surface area contributed by atoms with Crippen LogP contribution in [0.25, 0.3) is 0 Å². The lowest BCUT2D eigenvalue weighted by Crippen LogP contribution is -2.22. The average Bonchev–Trinajstić information content (AvgIpc) is 2.61. The van der Waals surface area contributed by atoms with E-state index in [1.165, 1.54) is 13.2 Å². The molecule has 0 spiro atoms. The summed E-state index contributed by atoms with van der Waals surface area (Å²) in [6.45, 7) is 3.90. The molecule has 0 heterocycles. The molecule has 2 aromatic rings. The van der Waals surface area contributed by atoms with E-state index in [9.17, 15) is 14.9 Å². The molecule has 0 aromatic heterocycles. The molecule has 0 atom stereocenters. The number of benzene rings is 2. The van der Waals surface area contributed by atoms with E-state index in [1.807, 2.05) is 19.1 Å². The molecule has 0 fully saturated rings. The Morgan fingerprint density at radius 3 is 2.38 bits per heavy atom. The van der Waals surface area contributed by atoms with Crippen LogP contribution in [0.15, 0.2) is 48.5 Å². The molecule has 0 aliphatic carbocycles. The largest absolute Gasteiger partial charge is 0.465 e. The lowest BCUT2D eigenvalue weighted by atomic mass is 10.1. The molecule has 0 radical (unpaired) electrons. The monoisotopic (exact) mass is 328 g/mol. The Labute approximate surface area is 140 Å². The van der Waals surface area contributed by atoms with Gasteiger partial charge in [-0.2, -0.15) is 0 Å². The number of ether oxygens (including phenoxy) is 1. The van der Waals surface area contributed by atoms with Crippen molar-refractivity contribution in [3.63, 3.8) is 0 Å². The minimum Gasteiger partial charge on any atom is -0.465 e. The van der Waals surface area contributed by atoms with E-state index in [1.54, 1.807) is 30.3 Å². The fourth-order valence-corrected chi connectivity index (χ4v) is 2.47. The fraction of sp³-hybridized carbons (Fsp3) is 0.278. The maximum absolute atomic E-state index is 11.4. The van der Waals surface area contributed by atoms with Gasteiger partial charge in [0.25, 0.3) is 5.69 Å². The van der Waals surface area contributed by atoms with Gasteiger partial charge < -0.3 is 4.74 Å². The van der Waals surface area contributed by atoms with Crippen LogP contribution in [0.5, 0.6) is 0 Å². The second kappa shape index (κ2) is 8.21. The van der Waals surface area contributed by atoms with Crippen LogP contribution < -0.4 is 0 Å². The standard InChI is InChI=1S/C18H20N2O4/c1-3-19(13-16-6-4-5-7-17(16)20(22)23)12-14-8-10-15(11-9-14)18(21)24-2/h4-11H,3,12-13H2,1-2H3. The molecule has 6 nitrogen and oxygen atoms in total. The van der Waals surface area contributed by atoms with E-state index in [-0.39, 0.29) is 16.6 Å². The number of nitro groups is 1. The van der Waals surface area contributed by atoms with E-state index in [4.69, 9.17) is 0 Å². The first-order valence-corrected chi connectivity index (χ1v) is 7.67. The van der Waals surface area contributed by atoms with Gasteiger partial charge in [0.1, 0.15) is 0 Å². The molecule has 6 heteroatoms. The minimum absolute atomic E-state index is 0.136. The van der Waals surface area contributed by atoms with Crippen molar-refractivity contribution < 1.29 is 14.5 Å². The number of nitrogens with zero attached hydrogens (tertiary/aromatic N) is 2. The van der Waals surface area contributed by atoms with Crippen molar-refractivity contribution in [2.24, 2.45) is 0 Å². The first-order valence-electron chi connectivity index (χ1n) is 7.67. The van der Waals surface area contributed by atoms with E-state index in [2.05, 4.69) is 9.64 Å². The van der Waals surface area contributed by atoms with Crippen molar-refractivity contribution in [2.75, 3.05) is 13.7 Å². The Balaban J connectivity index is 2.10. The second-order valence-corrected chi connectivity index (χ2v) is 5.38. The van der Waals surface area contributed by atoms with E-state index in [0.717, 1.165) is 12.1 Å². The zero-order chi connectivity index (χ0) is 17.5. The van der Waals surface area contributed by atoms with Crippen molar-refractivity contribution in [3.8, 4) is 0 Å². The number of esters is 1. The maximum Gasteiger partial charge on any atom is 0.337 e. The predicted molar refractivity (Wildman–Crippen MR) is 90.7 cm³/mol. The zero-order valence-corrected chi connectivity index (χ0v) is 13.8. The minimum atomic E-state index is -0.367. The van der Waals surface area contributed by atoms with Crippen molar-refractivity contribution in [2.45, 2.75) is 20.0 Å². The molecule has 0 unspecified atom stereocenters. The Morgan fingerprint density at radius 1 is 1.12 bits per heavy atom. The van der Waals surface area contributed by atoms with Crippen LogP contribution in [0.2, 0.25) is 0 Å². The topological polar surface area (TPSA) is 72.7 Å². The molecule has 0 saturated carbocycles. The van der Waals surface area contributed by atoms with Crippen LogP contribution in [0.1, 0.15) is 28.4 Å². The highest BCUT2D eigenvalue weighted by atomic mass is 16.6. The summed E-state index contributed by atoms with van der Waals surface area (Å²) in [7, 11) is 1.35. The van der Waals surface area contributed by atoms with Gasteiger partial charge >= 0.3 is 5.97 Å². The Kier molecular flexibility index (Phi) is 6.03. The number of carbonyl (C=O) groups excluding carboxylic acids is 1. The summed E-state index contributed by atoms with van der Waals surface area (Å²) in [6.07, 6.45) is 0. The van der Waals surface area contributed by atoms with Crippen molar-refractivity contribution in [1.82, 2.24) is 4.90 Å². The van der Waals surface area contributed by atoms with Crippen molar-refractivity contribution in [1.29, 1.82) is 0 Å². The molecule has 0 amide bonds. The highest BCUT2D eigenvalue weighted by Crippen LogP contribution is 2.20. The van der Waals surface area contributed by atoms with E-state index in [0.29, 0.717) is 24.2 Å². The van der Waals surface area contributed by atoms with Gasteiger partial charge in [-0.05, 0) is 24.2 Å². The smallest absolute Gasteiger partial charge is 0.337 e. The number of rotatable bonds is 7. The quantitative estimate of drug-likeness (QED) is 0.442. The van der Waals surface area contributed by atoms with Gasteiger partial charge in [0.2, 0.25) is 0 Å². The van der Waals surface area contributed by atoms with Crippen LogP contribution in [-0.2, 0) is 17.8 Å². The number of nitro benzene ring substituents is 1. The molecule has 0 N–H and O–H groups in total. The number of hydrogen-bond acceptors (Lipinski definition) is 5. The molecule has 0 bridgehead atoms. The summed E-state index contributed by atoms with van der Waals surface area (Å²) in [6, 6.07) is 14.0. The lowest BCUT2D eigenvalue weighted by molar-refractivity contribution is -0.385. The number of hydrogen-bond donors (Lipinski definition) is 0. The fourth-order valence-electron chi connectivity index (χ4n) is 2.47. The number of carbonyl (C=O) groups is 1. The third-order valence-corrected chi connectivity index (χ3v) is 3.81. The molecular formula is C18H20N2O4. The first-order chi connectivity index (χ1) is 11.5. The molecule has 0 aliphatic heterocycles. The Morgan fingerprint density at radius 2 is 1.79 bits per heavy atom. The van der Waals surface area contributed by atoms with Gasteiger partial charge in [0.05, 0.1) is 17.6 Å². The Bertz CT molecular complexity index is 713. The highest BCUT2D eigenvalue weighted by Gasteiger charge is 2.15. The van der Waals surface area contributed by atoms with Gasteiger partial charge in [-0.15, -0.1) is 0 Å². The summed E-state index contributed by atoms with van der Waals surface area (Å²) >= 11 is 0. The normalized spacial score (nSPS) is 10.6. The summed E-state index contributed by atoms with van der Waals surface area (Å²) in [4.78, 5) is 24.3. The number of methoxy groups -OCH3 is 1. The van der Waals surface area contributed by atoms with Crippen molar-refractivity contribution in [3.05, 3.63) is 75.3 Å². The van der Waals surface area contributed by atoms with Gasteiger partial charge in [0, 0.05) is 24.7 Å². The predicted octanol–water partition coefficient (Wildman–Crippen LogP) is 3.40. The van der Waals surface area contributed by atoms with Gasteiger partial charge in [-0.25, -0.2) is 4.79 Å². The van der Waals surface area contributed by atoms with Gasteiger partial charge in [-0.1, -0.05) is 37.3 Å². The molecule has 24 heavy (non-hydrogen) atoms. The van der Waals surface area contributed by atoms with Crippen LogP contribution in [0.3, 0.4) is 0 Å². The highest BCUT2D eigenvalue weighted by molar-refractivity contribution is 5.89. The summed E-state index contributed by atoms with van der Waals surface area (Å²) in [5.41, 5.74) is 2.36. The number of para-hydroxylation sites is 1. The molecule has 126 valence electrons. The van der Waals surface area contributed by atoms with Crippen LogP contribution in [0, 0.1) is 10.1 Å². The van der Waals surface area contributed by atoms with E-state index >= 15 is 0 Å². The van der Waals surface area contributed by atoms with Crippen molar-refractivity contribution >= 4 is 11.7 Å². The molecule has 2 rings (SSSR count). The maximum atomic E-state index is 11.4. The SMILES string of the molecule is CCN(Cc1ccc(C(=O)OC)cc1)Cc1ccccc1[N+](=O)[O-]. The van der Waals surface area contributed by atoms with Crippen LogP contribution in [0.4, 0.5) is 5.69 Å². The second-order valence-electron chi connectivity index (χ2n) is 5.38. The third-order valence-electron chi connectivity index (χ3n) is 3.81. The third kappa shape index (κ3) is 4.39. The summed E-state index contributed by atoms with van der Waals surface area (Å²) in [5.74, 6) is -0.367. The zero-order valence-electron chi connectivity index (χ0n) is 13.8. The summed E-state index contributed by atoms with van der Waals surface area (Å²) in [5, 5.41) is 11.1. The summed E-state index contributed by atoms with van der Waals surface area (Å²) < 4.78 is 4.68. The molecule has 0 aliphatic rings. The van der Waals surface area contributed by atoms with E-state index < -0.39 is 0 Å². The van der Waals surface area contributed by atoms with Crippen LogP contribution >= 0.6 is 0 Å². The first kappa shape index (κ1) is 17.6. The molecule has 2 aromatic carbocycles. The Hall–Kier alpha value is -2.73. The lowest BCUT2D eigenvalue weighted by Gasteiger charge is -2.20. The average molecular weight is 328 g/mol. The van der Waals surface area contributed by atoms with Gasteiger partial charge in [-0.3, -0.25) is 15.0 Å².